The molecule has 2 unspecified atom stereocenters. The fraction of sp³-hybridized carbons (Fsp3) is 0.833. The smallest absolute Gasteiger partial charge is 0.550 e. The van der Waals surface area contributed by atoms with Gasteiger partial charge in [0.2, 0.25) is 0 Å². The van der Waals surface area contributed by atoms with Crippen LogP contribution in [0.25, 0.3) is 0 Å². The van der Waals surface area contributed by atoms with Gasteiger partial charge in [0.05, 0.1) is 0 Å². The van der Waals surface area contributed by atoms with Crippen molar-refractivity contribution in [2.24, 2.45) is 11.8 Å². The third-order valence-corrected chi connectivity index (χ3v) is 3.29. The normalized spacial score (nSPS) is 24.2. The molecule has 0 spiro atoms. The van der Waals surface area contributed by atoms with Gasteiger partial charge in [-0.25, -0.2) is 0 Å². The molecule has 0 bridgehead atoms. The average molecular weight is 250 g/mol. The predicted octanol–water partition coefficient (Wildman–Crippen LogP) is -1.69. The van der Waals surface area contributed by atoms with Gasteiger partial charge in [0.25, 0.3) is 0 Å². The Morgan fingerprint density at radius 1 is 1.44 bits per heavy atom. The molecule has 0 amide bonds. The van der Waals surface area contributed by atoms with Gasteiger partial charge >= 0.3 is 51.4 Å². The van der Waals surface area contributed by atoms with E-state index in [0.29, 0.717) is 6.42 Å². The molecule has 16 heavy (non-hydrogen) atoms. The van der Waals surface area contributed by atoms with Crippen molar-refractivity contribution >= 4 is 11.8 Å². The van der Waals surface area contributed by atoms with Crippen LogP contribution in [0.15, 0.2) is 0 Å². The minimum atomic E-state index is -1.02. The van der Waals surface area contributed by atoms with Crippen molar-refractivity contribution in [3.63, 3.8) is 0 Å². The van der Waals surface area contributed by atoms with E-state index in [0.717, 1.165) is 32.1 Å². The van der Waals surface area contributed by atoms with Crippen LogP contribution < -0.4 is 56.5 Å². The van der Waals surface area contributed by atoms with Crippen molar-refractivity contribution in [3.8, 4) is 0 Å². The van der Waals surface area contributed by atoms with Gasteiger partial charge < -0.3 is 9.90 Å². The Kier molecular flexibility index (Phi) is 9.23. The van der Waals surface area contributed by atoms with Crippen molar-refractivity contribution in [2.45, 2.75) is 51.9 Å². The number of carbonyl (C=O) groups is 2. The van der Waals surface area contributed by atoms with E-state index in [-0.39, 0.29) is 75.4 Å². The molecule has 0 aliphatic heterocycles. The first-order valence-corrected chi connectivity index (χ1v) is 5.87. The molecule has 0 aromatic carbocycles. The maximum atomic E-state index is 11.5. The molecule has 0 aromatic rings. The molecule has 1 aliphatic rings. The van der Waals surface area contributed by atoms with E-state index in [1.807, 2.05) is 0 Å². The van der Waals surface area contributed by atoms with Gasteiger partial charge in [-0.3, -0.25) is 4.79 Å². The van der Waals surface area contributed by atoms with E-state index < -0.39 is 5.97 Å². The van der Waals surface area contributed by atoms with Crippen LogP contribution in [0.1, 0.15) is 51.9 Å². The summed E-state index contributed by atoms with van der Waals surface area (Å²) in [4.78, 5) is 22.1. The van der Waals surface area contributed by atoms with E-state index >= 15 is 0 Å². The summed E-state index contributed by atoms with van der Waals surface area (Å²) < 4.78 is 0. The van der Waals surface area contributed by atoms with Crippen molar-refractivity contribution < 1.29 is 66.1 Å². The van der Waals surface area contributed by atoms with Gasteiger partial charge in [-0.1, -0.05) is 26.2 Å². The topological polar surface area (TPSA) is 57.2 Å². The molecule has 0 N–H and O–H groups in total. The Morgan fingerprint density at radius 3 is 2.69 bits per heavy atom. The second-order valence-corrected chi connectivity index (χ2v) is 4.44. The molecule has 4 heteroatoms. The number of carboxylic acids is 1. The third-order valence-electron chi connectivity index (χ3n) is 3.29. The largest absolute Gasteiger partial charge is 1.00 e. The molecule has 1 fully saturated rings. The monoisotopic (exact) mass is 250 g/mol. The van der Waals surface area contributed by atoms with E-state index in [2.05, 4.69) is 6.92 Å². The standard InChI is InChI=1S/C12H20O3.K/c1-2-3-4-5-10-9(8-12(14)15)6-7-11(10)13;/h9-10H,2-8H2,1H3,(H,14,15);/q;+1/p-1. The second kappa shape index (κ2) is 8.81. The van der Waals surface area contributed by atoms with Crippen LogP contribution in [0, 0.1) is 11.8 Å². The minimum Gasteiger partial charge on any atom is -0.550 e. The Balaban J connectivity index is 0.00000225. The molecule has 86 valence electrons. The number of unbranched alkanes of at least 4 members (excludes halogenated alkanes) is 2. The maximum absolute atomic E-state index is 11.5. The van der Waals surface area contributed by atoms with Crippen molar-refractivity contribution in [3.05, 3.63) is 0 Å². The Labute approximate surface area is 140 Å². The molecule has 1 saturated carbocycles. The zero-order chi connectivity index (χ0) is 11.3. The van der Waals surface area contributed by atoms with Crippen molar-refractivity contribution in [2.75, 3.05) is 0 Å². The number of aliphatic carboxylic acids is 1. The van der Waals surface area contributed by atoms with Crippen LogP contribution in [0.4, 0.5) is 0 Å². The van der Waals surface area contributed by atoms with Crippen LogP contribution in [0.3, 0.4) is 0 Å². The van der Waals surface area contributed by atoms with E-state index in [1.165, 1.54) is 0 Å². The first-order chi connectivity index (χ1) is 7.15. The number of carbonyl (C=O) groups excluding carboxylic acids is 2. The Bertz CT molecular complexity index is 240. The first-order valence-electron chi connectivity index (χ1n) is 5.87. The molecular weight excluding hydrogens is 231 g/mol. The number of hydrogen-bond acceptors (Lipinski definition) is 3. The van der Waals surface area contributed by atoms with Gasteiger partial charge in [-0.05, 0) is 25.2 Å². The summed E-state index contributed by atoms with van der Waals surface area (Å²) >= 11 is 0. The van der Waals surface area contributed by atoms with Crippen LogP contribution >= 0.6 is 0 Å². The first kappa shape index (κ1) is 16.8. The summed E-state index contributed by atoms with van der Waals surface area (Å²) in [5.74, 6) is -0.721. The number of carboxylic acid groups (broad SMARTS) is 1. The van der Waals surface area contributed by atoms with Crippen molar-refractivity contribution in [1.82, 2.24) is 0 Å². The molecular formula is C12H19KO3. The quantitative estimate of drug-likeness (QED) is 0.417. The minimum absolute atomic E-state index is 0. The summed E-state index contributed by atoms with van der Waals surface area (Å²) in [5.41, 5.74) is 0. The predicted molar refractivity (Wildman–Crippen MR) is 55.0 cm³/mol. The van der Waals surface area contributed by atoms with E-state index in [4.69, 9.17) is 0 Å². The number of ketones is 1. The zero-order valence-corrected chi connectivity index (χ0v) is 13.5. The fourth-order valence-electron chi connectivity index (χ4n) is 2.45. The van der Waals surface area contributed by atoms with Crippen LogP contribution in [0.5, 0.6) is 0 Å². The van der Waals surface area contributed by atoms with Crippen molar-refractivity contribution in [1.29, 1.82) is 0 Å². The molecule has 0 saturated heterocycles. The zero-order valence-electron chi connectivity index (χ0n) is 10.3. The third kappa shape index (κ3) is 5.41. The molecule has 0 aromatic heterocycles. The van der Waals surface area contributed by atoms with Crippen LogP contribution in [-0.4, -0.2) is 11.8 Å². The molecule has 2 atom stereocenters. The number of hydrogen-bond donors (Lipinski definition) is 0. The maximum Gasteiger partial charge on any atom is 1.00 e. The second-order valence-electron chi connectivity index (χ2n) is 4.44. The molecule has 1 rings (SSSR count). The Morgan fingerprint density at radius 2 is 2.12 bits per heavy atom. The number of Topliss-reactive ketones (excluding diaryl/α,β-unsaturated/α-hetero) is 1. The van der Waals surface area contributed by atoms with Gasteiger partial charge in [0.1, 0.15) is 5.78 Å². The molecule has 0 heterocycles. The summed E-state index contributed by atoms with van der Waals surface area (Å²) in [6.07, 6.45) is 5.52. The summed E-state index contributed by atoms with van der Waals surface area (Å²) in [6.45, 7) is 2.12. The Hall–Kier alpha value is 0.776. The van der Waals surface area contributed by atoms with Gasteiger partial charge in [-0.2, -0.15) is 0 Å². The fourth-order valence-corrected chi connectivity index (χ4v) is 2.45. The molecule has 3 nitrogen and oxygen atoms in total. The van der Waals surface area contributed by atoms with E-state index in [9.17, 15) is 14.7 Å². The molecule has 1 aliphatic carbocycles. The molecule has 0 radical (unpaired) electrons. The average Bonchev–Trinajstić information content (AvgIpc) is 2.49. The summed E-state index contributed by atoms with van der Waals surface area (Å²) in [6, 6.07) is 0. The van der Waals surface area contributed by atoms with Crippen LogP contribution in [0.2, 0.25) is 0 Å². The van der Waals surface area contributed by atoms with Gasteiger partial charge in [0, 0.05) is 18.3 Å². The summed E-state index contributed by atoms with van der Waals surface area (Å²) in [5, 5.41) is 10.5. The summed E-state index contributed by atoms with van der Waals surface area (Å²) in [7, 11) is 0. The van der Waals surface area contributed by atoms with Gasteiger partial charge in [-0.15, -0.1) is 0 Å². The number of rotatable bonds is 6. The van der Waals surface area contributed by atoms with Crippen LogP contribution in [-0.2, 0) is 9.59 Å². The SMILES string of the molecule is CCCCCC1C(=O)CCC1CC(=O)[O-].[K+]. The van der Waals surface area contributed by atoms with E-state index in [1.54, 1.807) is 0 Å². The van der Waals surface area contributed by atoms with Gasteiger partial charge in [0.15, 0.2) is 0 Å².